The molecule has 168 valence electrons. The summed E-state index contributed by atoms with van der Waals surface area (Å²) in [4.78, 5) is 53.8. The third kappa shape index (κ3) is 3.09. The van der Waals surface area contributed by atoms with Crippen LogP contribution in [0.4, 0.5) is 0 Å². The fraction of sp³-hybridized carbons (Fsp3) is 0.455. The Kier molecular flexibility index (Phi) is 4.79. The van der Waals surface area contributed by atoms with E-state index in [-0.39, 0.29) is 24.7 Å². The molecule has 0 saturated carbocycles. The summed E-state index contributed by atoms with van der Waals surface area (Å²) < 4.78 is 21.6. The Morgan fingerprint density at radius 1 is 0.812 bits per heavy atom. The van der Waals surface area contributed by atoms with Crippen molar-refractivity contribution in [2.45, 2.75) is 63.1 Å². The zero-order chi connectivity index (χ0) is 22.6. The minimum absolute atomic E-state index is 0.255. The summed E-state index contributed by atoms with van der Waals surface area (Å²) in [6.07, 6.45) is 7.94. The maximum absolute atomic E-state index is 13.7. The molecule has 0 aromatic rings. The van der Waals surface area contributed by atoms with Crippen LogP contribution >= 0.6 is 0 Å². The van der Waals surface area contributed by atoms with Crippen LogP contribution in [0, 0.1) is 0 Å². The van der Waals surface area contributed by atoms with E-state index in [0.29, 0.717) is 11.1 Å². The van der Waals surface area contributed by atoms with Gasteiger partial charge in [-0.3, -0.25) is 19.2 Å². The highest BCUT2D eigenvalue weighted by Gasteiger charge is 2.60. The number of fused-ring (bicyclic) bond motifs is 6. The predicted molar refractivity (Wildman–Crippen MR) is 106 cm³/mol. The molecule has 6 atom stereocenters. The zero-order valence-electron chi connectivity index (χ0n) is 17.5. The van der Waals surface area contributed by atoms with Crippen molar-refractivity contribution >= 4 is 23.8 Å². The van der Waals surface area contributed by atoms with Gasteiger partial charge in [0.2, 0.25) is 11.8 Å². The van der Waals surface area contributed by atoms with Gasteiger partial charge >= 0.3 is 11.9 Å². The van der Waals surface area contributed by atoms with E-state index in [0.717, 1.165) is 0 Å². The Morgan fingerprint density at radius 3 is 1.59 bits per heavy atom. The van der Waals surface area contributed by atoms with Crippen molar-refractivity contribution in [2.24, 2.45) is 0 Å². The van der Waals surface area contributed by atoms with E-state index in [4.69, 9.17) is 18.9 Å². The van der Waals surface area contributed by atoms with Crippen molar-refractivity contribution in [3.63, 3.8) is 0 Å². The van der Waals surface area contributed by atoms with Crippen LogP contribution in [-0.2, 0) is 38.1 Å². The first-order valence-corrected chi connectivity index (χ1v) is 10.4. The number of piperazine rings is 1. The van der Waals surface area contributed by atoms with Crippen molar-refractivity contribution in [3.05, 3.63) is 48.3 Å². The lowest BCUT2D eigenvalue weighted by Crippen LogP contribution is -2.66. The zero-order valence-corrected chi connectivity index (χ0v) is 17.5. The molecule has 0 bridgehead atoms. The van der Waals surface area contributed by atoms with E-state index in [1.165, 1.54) is 48.7 Å². The third-order valence-corrected chi connectivity index (χ3v) is 6.33. The molecule has 4 unspecified atom stereocenters. The number of ether oxygens (including phenoxy) is 4. The van der Waals surface area contributed by atoms with Gasteiger partial charge in [-0.15, -0.1) is 0 Å². The Balaban J connectivity index is 1.52. The summed E-state index contributed by atoms with van der Waals surface area (Å²) in [7, 11) is 0. The van der Waals surface area contributed by atoms with Gasteiger partial charge < -0.3 is 28.7 Å². The lowest BCUT2D eigenvalue weighted by molar-refractivity contribution is -0.167. The average molecular weight is 442 g/mol. The largest absolute Gasteiger partial charge is 0.473 e. The SMILES string of the molecule is CC(=O)OC1C=COC=C2C[C@H]3C(=O)N4C5C(=COC=CC5OC(C)=O)C[C@H]4C(=O)N3C21. The van der Waals surface area contributed by atoms with Crippen LogP contribution in [0.2, 0.25) is 0 Å². The van der Waals surface area contributed by atoms with Crippen LogP contribution in [0.5, 0.6) is 0 Å². The number of hydrogen-bond acceptors (Lipinski definition) is 8. The van der Waals surface area contributed by atoms with Crippen molar-refractivity contribution in [1.29, 1.82) is 0 Å². The Bertz CT molecular complexity index is 931. The molecule has 5 aliphatic heterocycles. The first-order valence-electron chi connectivity index (χ1n) is 10.4. The van der Waals surface area contributed by atoms with Gasteiger partial charge in [-0.1, -0.05) is 0 Å². The van der Waals surface area contributed by atoms with Gasteiger partial charge in [0.05, 0.1) is 37.1 Å². The summed E-state index contributed by atoms with van der Waals surface area (Å²) in [6, 6.07) is -2.79. The molecular weight excluding hydrogens is 420 g/mol. The molecule has 0 N–H and O–H groups in total. The highest BCUT2D eigenvalue weighted by molar-refractivity contribution is 6.00. The molecule has 2 amide bonds. The molecule has 3 fully saturated rings. The van der Waals surface area contributed by atoms with Crippen LogP contribution in [-0.4, -0.2) is 69.9 Å². The second kappa shape index (κ2) is 7.54. The van der Waals surface area contributed by atoms with Crippen molar-refractivity contribution < 1.29 is 38.1 Å². The van der Waals surface area contributed by atoms with E-state index < -0.39 is 48.3 Å². The summed E-state index contributed by atoms with van der Waals surface area (Å²) in [5.74, 6) is -1.50. The number of amides is 2. The van der Waals surface area contributed by atoms with Gasteiger partial charge in [0.1, 0.15) is 24.3 Å². The molecule has 0 radical (unpaired) electrons. The number of carbonyl (C=O) groups excluding carboxylic acids is 4. The number of esters is 2. The molecule has 10 nitrogen and oxygen atoms in total. The number of hydrogen-bond donors (Lipinski definition) is 0. The molecule has 3 saturated heterocycles. The molecule has 5 rings (SSSR count). The van der Waals surface area contributed by atoms with Crippen molar-refractivity contribution in [3.8, 4) is 0 Å². The Morgan fingerprint density at radius 2 is 1.22 bits per heavy atom. The highest BCUT2D eigenvalue weighted by Crippen LogP contribution is 2.45. The Hall–Kier alpha value is -3.56. The van der Waals surface area contributed by atoms with E-state index >= 15 is 0 Å². The smallest absolute Gasteiger partial charge is 0.303 e. The van der Waals surface area contributed by atoms with Gasteiger partial charge in [-0.05, 0) is 23.3 Å². The molecule has 0 aromatic carbocycles. The summed E-state index contributed by atoms with van der Waals surface area (Å²) in [5.41, 5.74) is 1.40. The number of rotatable bonds is 2. The average Bonchev–Trinajstić information content (AvgIpc) is 3.17. The first-order chi connectivity index (χ1) is 15.4. The lowest BCUT2D eigenvalue weighted by atomic mass is 10.0. The minimum atomic E-state index is -0.770. The van der Waals surface area contributed by atoms with Gasteiger partial charge in [0.25, 0.3) is 0 Å². The van der Waals surface area contributed by atoms with Gasteiger partial charge in [-0.25, -0.2) is 0 Å². The van der Waals surface area contributed by atoms with E-state index in [9.17, 15) is 19.2 Å². The second-order valence-corrected chi connectivity index (χ2v) is 8.28. The van der Waals surface area contributed by atoms with E-state index in [1.54, 1.807) is 12.2 Å². The van der Waals surface area contributed by atoms with Crippen LogP contribution in [0.15, 0.2) is 48.3 Å². The minimum Gasteiger partial charge on any atom is -0.473 e. The van der Waals surface area contributed by atoms with E-state index in [2.05, 4.69) is 0 Å². The fourth-order valence-electron chi connectivity index (χ4n) is 5.24. The fourth-order valence-corrected chi connectivity index (χ4v) is 5.24. The molecule has 10 heteroatoms. The third-order valence-electron chi connectivity index (χ3n) is 6.33. The Labute approximate surface area is 183 Å². The summed E-state index contributed by atoms with van der Waals surface area (Å²) >= 11 is 0. The molecule has 0 spiro atoms. The maximum atomic E-state index is 13.7. The molecule has 32 heavy (non-hydrogen) atoms. The second-order valence-electron chi connectivity index (χ2n) is 8.28. The summed E-state index contributed by atoms with van der Waals surface area (Å²) in [5, 5.41) is 0. The van der Waals surface area contributed by atoms with Crippen LogP contribution in [0.1, 0.15) is 26.7 Å². The number of nitrogens with zero attached hydrogens (tertiary/aromatic N) is 2. The van der Waals surface area contributed by atoms with Crippen LogP contribution in [0.3, 0.4) is 0 Å². The van der Waals surface area contributed by atoms with Gasteiger partial charge in [0, 0.05) is 26.7 Å². The normalized spacial score (nSPS) is 34.6. The van der Waals surface area contributed by atoms with Gasteiger partial charge in [0.15, 0.2) is 0 Å². The lowest BCUT2D eigenvalue weighted by Gasteiger charge is -2.44. The highest BCUT2D eigenvalue weighted by atomic mass is 16.6. The molecule has 5 aliphatic rings. The molecule has 5 heterocycles. The quantitative estimate of drug-likeness (QED) is 0.574. The van der Waals surface area contributed by atoms with Crippen molar-refractivity contribution in [1.82, 2.24) is 9.80 Å². The standard InChI is InChI=1S/C22H22N2O8/c1-11(25)31-17-3-5-29-9-13-7-15-22(28)24-16(21(27)23(15)19(13)17)8-14-10-30-6-4-18(20(14)24)32-12(2)26/h3-6,9-10,15-20H,7-8H2,1-2H3/t15-,16-,17?,18?,19?,20?/m0/s1. The number of carbonyl (C=O) groups is 4. The molecule has 0 aliphatic carbocycles. The van der Waals surface area contributed by atoms with Crippen LogP contribution < -0.4 is 0 Å². The van der Waals surface area contributed by atoms with E-state index in [1.807, 2.05) is 0 Å². The summed E-state index contributed by atoms with van der Waals surface area (Å²) in [6.45, 7) is 2.58. The maximum Gasteiger partial charge on any atom is 0.303 e. The molecular formula is C22H22N2O8. The van der Waals surface area contributed by atoms with Gasteiger partial charge in [-0.2, -0.15) is 0 Å². The molecule has 0 aromatic heterocycles. The van der Waals surface area contributed by atoms with Crippen molar-refractivity contribution in [2.75, 3.05) is 0 Å². The first kappa shape index (κ1) is 20.3. The predicted octanol–water partition coefficient (Wildman–Crippen LogP) is 0.658. The van der Waals surface area contributed by atoms with Crippen LogP contribution in [0.25, 0.3) is 0 Å². The topological polar surface area (TPSA) is 112 Å². The monoisotopic (exact) mass is 442 g/mol.